The Balaban J connectivity index is 1.54. The lowest BCUT2D eigenvalue weighted by atomic mass is 10.1. The molecular formula is C17H20N5O9P. The maximum Gasteiger partial charge on any atom is 0.469 e. The number of benzene rings is 1. The van der Waals surface area contributed by atoms with Crippen molar-refractivity contribution in [3.05, 3.63) is 36.4 Å². The maximum absolute atomic E-state index is 10.9. The number of aliphatic hydroxyl groups is 2. The van der Waals surface area contributed by atoms with Gasteiger partial charge >= 0.3 is 7.82 Å². The van der Waals surface area contributed by atoms with Crippen molar-refractivity contribution in [3.8, 4) is 11.5 Å². The second kappa shape index (κ2) is 8.60. The molecule has 7 N–H and O–H groups in total. The number of anilines is 1. The zero-order valence-electron chi connectivity index (χ0n) is 16.3. The van der Waals surface area contributed by atoms with Gasteiger partial charge in [-0.3, -0.25) is 9.09 Å². The quantitative estimate of drug-likeness (QED) is 0.219. The molecule has 0 radical (unpaired) electrons. The zero-order chi connectivity index (χ0) is 23.0. The van der Waals surface area contributed by atoms with Gasteiger partial charge in [-0.05, 0) is 17.7 Å². The van der Waals surface area contributed by atoms with Crippen molar-refractivity contribution in [1.82, 2.24) is 19.5 Å². The van der Waals surface area contributed by atoms with Crippen LogP contribution in [0.5, 0.6) is 11.5 Å². The Kier molecular flexibility index (Phi) is 6.01. The summed E-state index contributed by atoms with van der Waals surface area (Å²) in [7, 11) is -4.78. The molecule has 3 aromatic rings. The maximum atomic E-state index is 10.9. The molecule has 4 rings (SSSR count). The largest absolute Gasteiger partial charge is 0.508 e. The summed E-state index contributed by atoms with van der Waals surface area (Å²) < 4.78 is 22.2. The van der Waals surface area contributed by atoms with Crippen molar-refractivity contribution in [2.75, 3.05) is 11.9 Å². The number of fused-ring (bicyclic) bond motifs is 1. The summed E-state index contributed by atoms with van der Waals surface area (Å²) in [5, 5.41) is 42.8. The number of phenols is 2. The third-order valence-electron chi connectivity index (χ3n) is 4.80. The topological polar surface area (TPSA) is 213 Å². The van der Waals surface area contributed by atoms with Gasteiger partial charge in [-0.1, -0.05) is 0 Å². The van der Waals surface area contributed by atoms with Crippen LogP contribution in [0, 0.1) is 0 Å². The van der Waals surface area contributed by atoms with E-state index in [9.17, 15) is 25.0 Å². The Morgan fingerprint density at radius 2 is 1.81 bits per heavy atom. The average Bonchev–Trinajstić information content (AvgIpc) is 3.25. The van der Waals surface area contributed by atoms with Crippen molar-refractivity contribution in [3.63, 3.8) is 0 Å². The number of phosphoric ester groups is 1. The first kappa shape index (κ1) is 22.4. The Bertz CT molecular complexity index is 1150. The Morgan fingerprint density at radius 3 is 2.50 bits per heavy atom. The van der Waals surface area contributed by atoms with E-state index in [2.05, 4.69) is 24.8 Å². The van der Waals surface area contributed by atoms with E-state index in [0.29, 0.717) is 16.9 Å². The smallest absolute Gasteiger partial charge is 0.469 e. The first-order chi connectivity index (χ1) is 15.1. The number of nitrogens with one attached hydrogen (secondary N) is 1. The number of aromatic hydroxyl groups is 2. The number of hydrogen-bond acceptors (Lipinski definition) is 11. The molecule has 0 aliphatic carbocycles. The minimum Gasteiger partial charge on any atom is -0.508 e. The summed E-state index contributed by atoms with van der Waals surface area (Å²) in [6.45, 7) is -0.436. The first-order valence-corrected chi connectivity index (χ1v) is 10.8. The van der Waals surface area contributed by atoms with Crippen LogP contribution < -0.4 is 5.32 Å². The molecule has 15 heteroatoms. The molecule has 0 unspecified atom stereocenters. The molecular weight excluding hydrogens is 449 g/mol. The normalized spacial score (nSPS) is 23.6. The Labute approximate surface area is 180 Å². The molecule has 1 aliphatic heterocycles. The predicted octanol–water partition coefficient (Wildman–Crippen LogP) is -0.422. The number of ether oxygens (including phenoxy) is 1. The fourth-order valence-electron chi connectivity index (χ4n) is 3.38. The molecule has 32 heavy (non-hydrogen) atoms. The molecule has 1 aliphatic rings. The number of hydrogen-bond donors (Lipinski definition) is 7. The Hall–Kier alpha value is -2.84. The van der Waals surface area contributed by atoms with Crippen LogP contribution in [0.4, 0.5) is 5.82 Å². The fraction of sp³-hybridized carbons (Fsp3) is 0.353. The van der Waals surface area contributed by atoms with Gasteiger partial charge < -0.3 is 40.3 Å². The van der Waals surface area contributed by atoms with Crippen LogP contribution in [0.2, 0.25) is 0 Å². The minimum absolute atomic E-state index is 0.0953. The molecule has 172 valence electrons. The van der Waals surface area contributed by atoms with E-state index in [1.165, 1.54) is 35.4 Å². The molecule has 0 spiro atoms. The van der Waals surface area contributed by atoms with E-state index in [4.69, 9.17) is 14.5 Å². The zero-order valence-corrected chi connectivity index (χ0v) is 17.1. The van der Waals surface area contributed by atoms with Gasteiger partial charge in [0.05, 0.1) is 12.9 Å². The second-order valence-corrected chi connectivity index (χ2v) is 8.33. The van der Waals surface area contributed by atoms with Crippen LogP contribution in [-0.2, 0) is 20.4 Å². The van der Waals surface area contributed by atoms with Gasteiger partial charge in [0.2, 0.25) is 0 Å². The van der Waals surface area contributed by atoms with Crippen LogP contribution in [0.25, 0.3) is 11.2 Å². The molecule has 14 nitrogen and oxygen atoms in total. The van der Waals surface area contributed by atoms with Crippen LogP contribution in [0.15, 0.2) is 30.9 Å². The van der Waals surface area contributed by atoms with Crippen molar-refractivity contribution in [2.24, 2.45) is 0 Å². The lowest BCUT2D eigenvalue weighted by molar-refractivity contribution is -0.0504. The van der Waals surface area contributed by atoms with E-state index in [1.54, 1.807) is 0 Å². The number of imidazole rings is 1. The van der Waals surface area contributed by atoms with Gasteiger partial charge in [-0.25, -0.2) is 19.5 Å². The molecule has 0 bridgehead atoms. The summed E-state index contributed by atoms with van der Waals surface area (Å²) in [6, 6.07) is 4.13. The molecule has 1 aromatic carbocycles. The van der Waals surface area contributed by atoms with Gasteiger partial charge in [0.15, 0.2) is 23.2 Å². The highest BCUT2D eigenvalue weighted by atomic mass is 31.2. The summed E-state index contributed by atoms with van der Waals surface area (Å²) >= 11 is 0. The summed E-state index contributed by atoms with van der Waals surface area (Å²) in [4.78, 5) is 30.2. The van der Waals surface area contributed by atoms with Crippen molar-refractivity contribution in [2.45, 2.75) is 31.1 Å². The number of aliphatic hydroxyl groups excluding tert-OH is 2. The van der Waals surface area contributed by atoms with Gasteiger partial charge in [0, 0.05) is 12.6 Å². The van der Waals surface area contributed by atoms with Crippen LogP contribution in [0.1, 0.15) is 11.8 Å². The highest BCUT2D eigenvalue weighted by molar-refractivity contribution is 7.46. The third kappa shape index (κ3) is 4.66. The molecule has 0 saturated carbocycles. The van der Waals surface area contributed by atoms with E-state index in [-0.39, 0.29) is 23.7 Å². The van der Waals surface area contributed by atoms with Gasteiger partial charge in [0.25, 0.3) is 0 Å². The minimum atomic E-state index is -4.78. The number of rotatable bonds is 7. The predicted molar refractivity (Wildman–Crippen MR) is 106 cm³/mol. The van der Waals surface area contributed by atoms with E-state index in [1.807, 2.05) is 0 Å². The SMILES string of the molecule is O=P(O)(O)OC[C@H]1O[C@@H](n2cnc3c(NCc4cc(O)cc(O)c4)ncnc32)[C@H](O)[C@@H]1O. The van der Waals surface area contributed by atoms with Crippen molar-refractivity contribution < 1.29 is 44.0 Å². The third-order valence-corrected chi connectivity index (χ3v) is 5.28. The highest BCUT2D eigenvalue weighted by Gasteiger charge is 2.45. The lowest BCUT2D eigenvalue weighted by Crippen LogP contribution is -2.33. The summed E-state index contributed by atoms with van der Waals surface area (Å²) in [6.07, 6.45) is -2.70. The second-order valence-electron chi connectivity index (χ2n) is 7.09. The summed E-state index contributed by atoms with van der Waals surface area (Å²) in [5.41, 5.74) is 1.16. The monoisotopic (exact) mass is 469 g/mol. The van der Waals surface area contributed by atoms with Crippen LogP contribution in [-0.4, -0.2) is 74.7 Å². The van der Waals surface area contributed by atoms with Gasteiger partial charge in [-0.15, -0.1) is 0 Å². The van der Waals surface area contributed by atoms with Crippen molar-refractivity contribution in [1.29, 1.82) is 0 Å². The van der Waals surface area contributed by atoms with Gasteiger partial charge in [-0.2, -0.15) is 0 Å². The lowest BCUT2D eigenvalue weighted by Gasteiger charge is -2.16. The number of nitrogens with zero attached hydrogens (tertiary/aromatic N) is 4. The molecule has 4 atom stereocenters. The molecule has 1 saturated heterocycles. The average molecular weight is 469 g/mol. The standard InChI is InChI=1S/C17H20N5O9P/c23-9-1-8(2-10(24)3-9)4-18-15-12-16(20-6-19-15)22(7-21-12)17-14(26)13(25)11(31-17)5-30-32(27,28)29/h1-3,6-7,11,13-14,17,23-26H,4-5H2,(H,18,19,20)(H2,27,28,29)/t11-,13-,14-,17-/m1/s1. The van der Waals surface area contributed by atoms with Crippen LogP contribution in [0.3, 0.4) is 0 Å². The van der Waals surface area contributed by atoms with E-state index < -0.39 is 39.0 Å². The molecule has 0 amide bonds. The van der Waals surface area contributed by atoms with E-state index >= 15 is 0 Å². The molecule has 3 heterocycles. The molecule has 1 fully saturated rings. The number of phosphoric acid groups is 1. The van der Waals surface area contributed by atoms with Crippen LogP contribution >= 0.6 is 7.82 Å². The van der Waals surface area contributed by atoms with Gasteiger partial charge in [0.1, 0.15) is 36.1 Å². The number of phenolic OH excluding ortho intramolecular Hbond substituents is 2. The summed E-state index contributed by atoms with van der Waals surface area (Å²) in [5.74, 6) is 0.134. The first-order valence-electron chi connectivity index (χ1n) is 9.27. The van der Waals surface area contributed by atoms with E-state index in [0.717, 1.165) is 0 Å². The van der Waals surface area contributed by atoms with Crippen molar-refractivity contribution >= 4 is 24.8 Å². The fourth-order valence-corrected chi connectivity index (χ4v) is 3.72. The Morgan fingerprint density at radius 1 is 1.09 bits per heavy atom. The number of aromatic nitrogens is 4. The highest BCUT2D eigenvalue weighted by Crippen LogP contribution is 2.39. The molecule has 2 aromatic heterocycles.